The maximum absolute atomic E-state index is 12.7. The summed E-state index contributed by atoms with van der Waals surface area (Å²) in [6.45, 7) is 0.754. The van der Waals surface area contributed by atoms with Gasteiger partial charge in [-0.15, -0.1) is 0 Å². The van der Waals surface area contributed by atoms with E-state index >= 15 is 0 Å². The molecule has 0 aliphatic rings. The summed E-state index contributed by atoms with van der Waals surface area (Å²) in [6.07, 6.45) is -3.45. The molecular formula is C20H18F3N3O. The highest BCUT2D eigenvalue weighted by molar-refractivity contribution is 5.55. The lowest BCUT2D eigenvalue weighted by atomic mass is 10.1. The standard InChI is InChI=1S/C20H18F3N3O/c21-20(22,23)16-8-6-15(7-9-16)19-25-11-10-17(26-19)12-24-13-18(27)14-4-2-1-3-5-14/h1-11,18,24,27H,12-13H2. The molecule has 0 saturated heterocycles. The Morgan fingerprint density at radius 2 is 1.67 bits per heavy atom. The van der Waals surface area contributed by atoms with Crippen molar-refractivity contribution in [1.29, 1.82) is 0 Å². The fourth-order valence-corrected chi connectivity index (χ4v) is 2.57. The highest BCUT2D eigenvalue weighted by atomic mass is 19.4. The van der Waals surface area contributed by atoms with Crippen LogP contribution in [0.5, 0.6) is 0 Å². The van der Waals surface area contributed by atoms with Crippen LogP contribution in [0.1, 0.15) is 22.9 Å². The van der Waals surface area contributed by atoms with Crippen LogP contribution in [0.3, 0.4) is 0 Å². The molecule has 27 heavy (non-hydrogen) atoms. The van der Waals surface area contributed by atoms with Crippen molar-refractivity contribution in [1.82, 2.24) is 15.3 Å². The van der Waals surface area contributed by atoms with E-state index < -0.39 is 17.8 Å². The van der Waals surface area contributed by atoms with Gasteiger partial charge in [-0.1, -0.05) is 42.5 Å². The monoisotopic (exact) mass is 373 g/mol. The second kappa shape index (κ2) is 8.28. The highest BCUT2D eigenvalue weighted by Crippen LogP contribution is 2.30. The average molecular weight is 373 g/mol. The van der Waals surface area contributed by atoms with Crippen LogP contribution in [0, 0.1) is 0 Å². The summed E-state index contributed by atoms with van der Waals surface area (Å²) in [7, 11) is 0. The number of halogens is 3. The molecule has 4 nitrogen and oxygen atoms in total. The van der Waals surface area contributed by atoms with E-state index in [1.807, 2.05) is 30.3 Å². The number of aliphatic hydroxyl groups is 1. The average Bonchev–Trinajstić information content (AvgIpc) is 2.68. The van der Waals surface area contributed by atoms with Crippen molar-refractivity contribution >= 4 is 0 Å². The van der Waals surface area contributed by atoms with Crippen molar-refractivity contribution in [2.45, 2.75) is 18.8 Å². The van der Waals surface area contributed by atoms with E-state index in [9.17, 15) is 18.3 Å². The lowest BCUT2D eigenvalue weighted by Crippen LogP contribution is -2.21. The quantitative estimate of drug-likeness (QED) is 0.686. The molecule has 0 aliphatic carbocycles. The molecule has 1 heterocycles. The lowest BCUT2D eigenvalue weighted by Gasteiger charge is -2.12. The second-order valence-corrected chi connectivity index (χ2v) is 6.00. The Morgan fingerprint density at radius 1 is 0.963 bits per heavy atom. The Labute approximate surface area is 154 Å². The van der Waals surface area contributed by atoms with Crippen LogP contribution in [-0.4, -0.2) is 21.6 Å². The van der Waals surface area contributed by atoms with Crippen LogP contribution in [-0.2, 0) is 12.7 Å². The van der Waals surface area contributed by atoms with Gasteiger partial charge in [-0.2, -0.15) is 13.2 Å². The molecule has 0 bridgehead atoms. The van der Waals surface area contributed by atoms with E-state index in [1.165, 1.54) is 12.1 Å². The van der Waals surface area contributed by atoms with Gasteiger partial charge in [0.1, 0.15) is 0 Å². The molecule has 3 aromatic rings. The number of alkyl halides is 3. The maximum atomic E-state index is 12.7. The summed E-state index contributed by atoms with van der Waals surface area (Å²) >= 11 is 0. The van der Waals surface area contributed by atoms with E-state index in [0.29, 0.717) is 30.2 Å². The Kier molecular flexibility index (Phi) is 5.83. The molecule has 0 radical (unpaired) electrons. The molecule has 2 aromatic carbocycles. The normalized spacial score (nSPS) is 12.7. The third-order valence-electron chi connectivity index (χ3n) is 4.01. The molecule has 1 atom stereocenters. The van der Waals surface area contributed by atoms with Crippen LogP contribution in [0.15, 0.2) is 66.9 Å². The van der Waals surface area contributed by atoms with Crippen LogP contribution in [0.4, 0.5) is 13.2 Å². The molecule has 7 heteroatoms. The smallest absolute Gasteiger partial charge is 0.387 e. The number of rotatable bonds is 6. The van der Waals surface area contributed by atoms with Crippen molar-refractivity contribution in [3.63, 3.8) is 0 Å². The topological polar surface area (TPSA) is 58.0 Å². The largest absolute Gasteiger partial charge is 0.416 e. The second-order valence-electron chi connectivity index (χ2n) is 6.00. The minimum Gasteiger partial charge on any atom is -0.387 e. The summed E-state index contributed by atoms with van der Waals surface area (Å²) in [4.78, 5) is 8.49. The van der Waals surface area contributed by atoms with Gasteiger partial charge in [0.05, 0.1) is 17.4 Å². The number of benzene rings is 2. The van der Waals surface area contributed by atoms with Crippen LogP contribution >= 0.6 is 0 Å². The summed E-state index contributed by atoms with van der Waals surface area (Å²) < 4.78 is 38.0. The first-order chi connectivity index (χ1) is 12.9. The van der Waals surface area contributed by atoms with Crippen molar-refractivity contribution in [2.75, 3.05) is 6.54 Å². The minimum absolute atomic E-state index is 0.351. The Bertz CT molecular complexity index is 868. The summed E-state index contributed by atoms with van der Waals surface area (Å²) in [5, 5.41) is 13.3. The molecule has 1 unspecified atom stereocenters. The third-order valence-corrected chi connectivity index (χ3v) is 4.01. The van der Waals surface area contributed by atoms with Gasteiger partial charge in [-0.25, -0.2) is 9.97 Å². The Hall–Kier alpha value is -2.77. The summed E-state index contributed by atoms with van der Waals surface area (Å²) in [5.74, 6) is 0.353. The van der Waals surface area contributed by atoms with E-state index in [1.54, 1.807) is 12.3 Å². The fraction of sp³-hybridized carbons (Fsp3) is 0.200. The molecule has 0 aliphatic heterocycles. The molecule has 3 rings (SSSR count). The SMILES string of the molecule is OC(CNCc1ccnc(-c2ccc(C(F)(F)F)cc2)n1)c1ccccc1. The summed E-state index contributed by atoms with van der Waals surface area (Å²) in [6, 6.07) is 15.8. The maximum Gasteiger partial charge on any atom is 0.416 e. The van der Waals surface area contributed by atoms with Gasteiger partial charge in [0, 0.05) is 24.8 Å². The molecule has 140 valence electrons. The summed E-state index contributed by atoms with van der Waals surface area (Å²) in [5.41, 5.74) is 1.30. The number of aliphatic hydroxyl groups excluding tert-OH is 1. The molecule has 0 fully saturated rings. The van der Waals surface area contributed by atoms with Gasteiger partial charge in [-0.05, 0) is 23.8 Å². The van der Waals surface area contributed by atoms with E-state index in [4.69, 9.17) is 0 Å². The first-order valence-corrected chi connectivity index (χ1v) is 8.37. The number of nitrogens with one attached hydrogen (secondary N) is 1. The zero-order chi connectivity index (χ0) is 19.3. The Balaban J connectivity index is 1.62. The predicted molar refractivity (Wildman–Crippen MR) is 95.6 cm³/mol. The molecule has 1 aromatic heterocycles. The van der Waals surface area contributed by atoms with Crippen molar-refractivity contribution in [3.05, 3.63) is 83.7 Å². The molecule has 2 N–H and O–H groups in total. The van der Waals surface area contributed by atoms with E-state index in [0.717, 1.165) is 17.7 Å². The fourth-order valence-electron chi connectivity index (χ4n) is 2.57. The van der Waals surface area contributed by atoms with Gasteiger partial charge in [-0.3, -0.25) is 0 Å². The van der Waals surface area contributed by atoms with Crippen molar-refractivity contribution in [3.8, 4) is 11.4 Å². The lowest BCUT2D eigenvalue weighted by molar-refractivity contribution is -0.137. The highest BCUT2D eigenvalue weighted by Gasteiger charge is 2.30. The van der Waals surface area contributed by atoms with Crippen molar-refractivity contribution in [2.24, 2.45) is 0 Å². The van der Waals surface area contributed by atoms with Crippen LogP contribution < -0.4 is 5.32 Å². The minimum atomic E-state index is -4.37. The molecule has 0 saturated carbocycles. The Morgan fingerprint density at radius 3 is 2.33 bits per heavy atom. The van der Waals surface area contributed by atoms with Gasteiger partial charge >= 0.3 is 6.18 Å². The van der Waals surface area contributed by atoms with Gasteiger partial charge in [0.2, 0.25) is 0 Å². The van der Waals surface area contributed by atoms with E-state index in [2.05, 4.69) is 15.3 Å². The van der Waals surface area contributed by atoms with Gasteiger partial charge < -0.3 is 10.4 Å². The molecule has 0 amide bonds. The molecule has 0 spiro atoms. The van der Waals surface area contributed by atoms with Crippen LogP contribution in [0.25, 0.3) is 11.4 Å². The third kappa shape index (κ3) is 5.12. The van der Waals surface area contributed by atoms with Gasteiger partial charge in [0.25, 0.3) is 0 Å². The van der Waals surface area contributed by atoms with Gasteiger partial charge in [0.15, 0.2) is 5.82 Å². The predicted octanol–water partition coefficient (Wildman–Crippen LogP) is 3.99. The number of aromatic nitrogens is 2. The number of hydrogen-bond donors (Lipinski definition) is 2. The van der Waals surface area contributed by atoms with E-state index in [-0.39, 0.29) is 0 Å². The number of hydrogen-bond acceptors (Lipinski definition) is 4. The molecular weight excluding hydrogens is 355 g/mol. The first kappa shape index (κ1) is 19.0. The van der Waals surface area contributed by atoms with Crippen LogP contribution in [0.2, 0.25) is 0 Å². The van der Waals surface area contributed by atoms with Crippen molar-refractivity contribution < 1.29 is 18.3 Å². The number of nitrogens with zero attached hydrogens (tertiary/aromatic N) is 2. The zero-order valence-corrected chi connectivity index (χ0v) is 14.3. The zero-order valence-electron chi connectivity index (χ0n) is 14.3. The first-order valence-electron chi connectivity index (χ1n) is 8.37.